The van der Waals surface area contributed by atoms with Gasteiger partial charge in [-0.1, -0.05) is 0 Å². The predicted molar refractivity (Wildman–Crippen MR) is 70.9 cm³/mol. The van der Waals surface area contributed by atoms with Crippen molar-refractivity contribution in [3.63, 3.8) is 0 Å². The van der Waals surface area contributed by atoms with E-state index in [-0.39, 0.29) is 5.54 Å². The fourth-order valence-electron chi connectivity index (χ4n) is 2.50. The second-order valence-corrected chi connectivity index (χ2v) is 6.08. The molecule has 16 heavy (non-hydrogen) atoms. The molecule has 3 heteroatoms. The largest absolute Gasteiger partial charge is 0.314 e. The molecule has 0 saturated carbocycles. The Morgan fingerprint density at radius 1 is 1.31 bits per heavy atom. The molecule has 1 rings (SSSR count). The van der Waals surface area contributed by atoms with Crippen molar-refractivity contribution in [3.05, 3.63) is 0 Å². The number of hydrogen-bond acceptors (Lipinski definition) is 3. The first-order valence-electron chi connectivity index (χ1n) is 6.49. The van der Waals surface area contributed by atoms with E-state index < -0.39 is 0 Å². The summed E-state index contributed by atoms with van der Waals surface area (Å²) in [7, 11) is 6.52. The van der Waals surface area contributed by atoms with Gasteiger partial charge in [-0.15, -0.1) is 0 Å². The predicted octanol–water partition coefficient (Wildman–Crippen LogP) is 1.26. The summed E-state index contributed by atoms with van der Waals surface area (Å²) in [6.45, 7) is 9.44. The van der Waals surface area contributed by atoms with E-state index in [2.05, 4.69) is 43.1 Å². The summed E-state index contributed by atoms with van der Waals surface area (Å²) >= 11 is 0. The van der Waals surface area contributed by atoms with Crippen LogP contribution in [0.1, 0.15) is 26.7 Å². The SMILES string of the molecule is CNC(C)(C)CN(C)CC1CCN(C)CC1. The van der Waals surface area contributed by atoms with Gasteiger partial charge in [-0.3, -0.25) is 0 Å². The third-order valence-electron chi connectivity index (χ3n) is 3.75. The molecule has 0 bridgehead atoms. The summed E-state index contributed by atoms with van der Waals surface area (Å²) in [5.41, 5.74) is 0.222. The summed E-state index contributed by atoms with van der Waals surface area (Å²) in [5, 5.41) is 3.37. The minimum Gasteiger partial charge on any atom is -0.314 e. The molecule has 0 aromatic carbocycles. The first-order chi connectivity index (χ1) is 7.43. The van der Waals surface area contributed by atoms with Gasteiger partial charge in [-0.05, 0) is 66.8 Å². The normalized spacial score (nSPS) is 20.6. The molecule has 1 heterocycles. The van der Waals surface area contributed by atoms with Crippen LogP contribution in [-0.2, 0) is 0 Å². The zero-order valence-electron chi connectivity index (χ0n) is 11.7. The van der Waals surface area contributed by atoms with Crippen molar-refractivity contribution in [2.75, 3.05) is 47.3 Å². The van der Waals surface area contributed by atoms with E-state index in [0.29, 0.717) is 0 Å². The fraction of sp³-hybridized carbons (Fsp3) is 1.00. The summed E-state index contributed by atoms with van der Waals surface area (Å²) in [6, 6.07) is 0. The molecule has 0 amide bonds. The molecule has 1 saturated heterocycles. The lowest BCUT2D eigenvalue weighted by atomic mass is 9.96. The molecule has 3 nitrogen and oxygen atoms in total. The summed E-state index contributed by atoms with van der Waals surface area (Å²) in [6.07, 6.45) is 2.72. The minimum absolute atomic E-state index is 0.222. The van der Waals surface area contributed by atoms with Crippen LogP contribution in [0.3, 0.4) is 0 Å². The Balaban J connectivity index is 2.26. The average Bonchev–Trinajstić information content (AvgIpc) is 2.21. The van der Waals surface area contributed by atoms with Crippen LogP contribution < -0.4 is 5.32 Å². The van der Waals surface area contributed by atoms with Gasteiger partial charge < -0.3 is 15.1 Å². The number of nitrogens with one attached hydrogen (secondary N) is 1. The van der Waals surface area contributed by atoms with E-state index in [1.54, 1.807) is 0 Å². The van der Waals surface area contributed by atoms with Crippen LogP contribution in [0.4, 0.5) is 0 Å². The van der Waals surface area contributed by atoms with E-state index >= 15 is 0 Å². The van der Waals surface area contributed by atoms with Crippen molar-refractivity contribution >= 4 is 0 Å². The second kappa shape index (κ2) is 5.99. The van der Waals surface area contributed by atoms with E-state index in [4.69, 9.17) is 0 Å². The number of rotatable bonds is 5. The molecule has 0 unspecified atom stereocenters. The minimum atomic E-state index is 0.222. The van der Waals surface area contributed by atoms with E-state index in [1.807, 2.05) is 7.05 Å². The first kappa shape index (κ1) is 13.9. The zero-order valence-corrected chi connectivity index (χ0v) is 11.7. The van der Waals surface area contributed by atoms with E-state index in [9.17, 15) is 0 Å². The number of likely N-dealkylation sites (N-methyl/N-ethyl adjacent to an activating group) is 2. The van der Waals surface area contributed by atoms with Crippen LogP contribution >= 0.6 is 0 Å². The lowest BCUT2D eigenvalue weighted by Crippen LogP contribution is -2.47. The van der Waals surface area contributed by atoms with Crippen molar-refractivity contribution in [1.82, 2.24) is 15.1 Å². The zero-order chi connectivity index (χ0) is 12.2. The Morgan fingerprint density at radius 3 is 2.38 bits per heavy atom. The van der Waals surface area contributed by atoms with Crippen LogP contribution in [0.15, 0.2) is 0 Å². The highest BCUT2D eigenvalue weighted by Gasteiger charge is 2.21. The van der Waals surface area contributed by atoms with Crippen LogP contribution in [0.5, 0.6) is 0 Å². The summed E-state index contributed by atoms with van der Waals surface area (Å²) in [4.78, 5) is 4.92. The molecule has 1 aliphatic heterocycles. The Labute approximate surface area is 101 Å². The lowest BCUT2D eigenvalue weighted by molar-refractivity contribution is 0.158. The van der Waals surface area contributed by atoms with Crippen molar-refractivity contribution in [2.24, 2.45) is 5.92 Å². The van der Waals surface area contributed by atoms with E-state index in [0.717, 1.165) is 12.5 Å². The van der Waals surface area contributed by atoms with Gasteiger partial charge in [0.1, 0.15) is 0 Å². The lowest BCUT2D eigenvalue weighted by Gasteiger charge is -2.35. The quantitative estimate of drug-likeness (QED) is 0.763. The van der Waals surface area contributed by atoms with Crippen molar-refractivity contribution in [3.8, 4) is 0 Å². The Bertz CT molecular complexity index is 195. The van der Waals surface area contributed by atoms with Crippen LogP contribution in [0, 0.1) is 5.92 Å². The maximum atomic E-state index is 3.37. The topological polar surface area (TPSA) is 18.5 Å². The highest BCUT2D eigenvalue weighted by Crippen LogP contribution is 2.17. The molecular formula is C13H29N3. The van der Waals surface area contributed by atoms with E-state index in [1.165, 1.54) is 32.5 Å². The fourth-order valence-corrected chi connectivity index (χ4v) is 2.50. The van der Waals surface area contributed by atoms with Gasteiger partial charge in [0, 0.05) is 18.6 Å². The van der Waals surface area contributed by atoms with Crippen LogP contribution in [0.2, 0.25) is 0 Å². The Hall–Kier alpha value is -0.120. The maximum Gasteiger partial charge on any atom is 0.0249 e. The summed E-state index contributed by atoms with van der Waals surface area (Å²) in [5.74, 6) is 0.897. The van der Waals surface area contributed by atoms with Crippen molar-refractivity contribution < 1.29 is 0 Å². The smallest absolute Gasteiger partial charge is 0.0249 e. The molecule has 0 atom stereocenters. The third kappa shape index (κ3) is 4.81. The highest BCUT2D eigenvalue weighted by molar-refractivity contribution is 4.80. The Kier molecular flexibility index (Phi) is 5.22. The van der Waals surface area contributed by atoms with Crippen molar-refractivity contribution in [2.45, 2.75) is 32.2 Å². The Morgan fingerprint density at radius 2 is 1.88 bits per heavy atom. The van der Waals surface area contributed by atoms with Crippen molar-refractivity contribution in [1.29, 1.82) is 0 Å². The first-order valence-corrected chi connectivity index (χ1v) is 6.49. The standard InChI is InChI=1S/C13H29N3/c1-13(2,14-3)11-16(5)10-12-6-8-15(4)9-7-12/h12,14H,6-11H2,1-5H3. The van der Waals surface area contributed by atoms with Crippen LogP contribution in [0.25, 0.3) is 0 Å². The summed E-state index contributed by atoms with van der Waals surface area (Å²) < 4.78 is 0. The third-order valence-corrected chi connectivity index (χ3v) is 3.75. The van der Waals surface area contributed by atoms with Crippen LogP contribution in [-0.4, -0.2) is 62.7 Å². The molecule has 0 aromatic rings. The molecule has 1 N–H and O–H groups in total. The second-order valence-electron chi connectivity index (χ2n) is 6.08. The molecule has 1 aliphatic rings. The van der Waals surface area contributed by atoms with Gasteiger partial charge in [-0.25, -0.2) is 0 Å². The molecule has 0 radical (unpaired) electrons. The van der Waals surface area contributed by atoms with Gasteiger partial charge in [-0.2, -0.15) is 0 Å². The number of likely N-dealkylation sites (tertiary alicyclic amines) is 1. The van der Waals surface area contributed by atoms with Gasteiger partial charge in [0.15, 0.2) is 0 Å². The number of piperidine rings is 1. The highest BCUT2D eigenvalue weighted by atomic mass is 15.1. The molecule has 1 fully saturated rings. The van der Waals surface area contributed by atoms with Gasteiger partial charge in [0.05, 0.1) is 0 Å². The average molecular weight is 227 g/mol. The molecule has 0 aliphatic carbocycles. The molecule has 0 spiro atoms. The molecule has 0 aromatic heterocycles. The van der Waals surface area contributed by atoms with Gasteiger partial charge in [0.25, 0.3) is 0 Å². The maximum absolute atomic E-state index is 3.37. The molecular weight excluding hydrogens is 198 g/mol. The number of nitrogens with zero attached hydrogens (tertiary/aromatic N) is 2. The van der Waals surface area contributed by atoms with Gasteiger partial charge in [0.2, 0.25) is 0 Å². The molecule has 96 valence electrons. The monoisotopic (exact) mass is 227 g/mol. The van der Waals surface area contributed by atoms with Gasteiger partial charge >= 0.3 is 0 Å². The number of hydrogen-bond donors (Lipinski definition) is 1.